The van der Waals surface area contributed by atoms with Crippen molar-refractivity contribution in [1.82, 2.24) is 19.9 Å². The Labute approximate surface area is 128 Å². The zero-order chi connectivity index (χ0) is 15.7. The van der Waals surface area contributed by atoms with Crippen LogP contribution in [0.3, 0.4) is 0 Å². The minimum absolute atomic E-state index is 0.0266. The second-order valence-corrected chi connectivity index (χ2v) is 6.08. The molecular weight excluding hydrogens is 280 g/mol. The van der Waals surface area contributed by atoms with Crippen LogP contribution in [0.2, 0.25) is 0 Å². The summed E-state index contributed by atoms with van der Waals surface area (Å²) in [5.41, 5.74) is 0.303. The topological polar surface area (TPSA) is 68.1 Å². The van der Waals surface area contributed by atoms with E-state index in [9.17, 15) is 9.59 Å². The number of amides is 1. The molecule has 1 amide bonds. The molecule has 1 aliphatic rings. The van der Waals surface area contributed by atoms with Gasteiger partial charge in [-0.1, -0.05) is 31.2 Å². The van der Waals surface area contributed by atoms with Gasteiger partial charge in [0.15, 0.2) is 0 Å². The van der Waals surface area contributed by atoms with Crippen molar-refractivity contribution in [1.29, 1.82) is 0 Å². The maximum Gasteiger partial charge on any atom is 0.278 e. The molecular formula is C16H20N4O2. The zero-order valence-electron chi connectivity index (χ0n) is 12.9. The van der Waals surface area contributed by atoms with Crippen LogP contribution in [-0.2, 0) is 4.79 Å². The standard InChI is InChI=1S/C16H20N4O2/c1-11(2)14(16(22)19-9-5-6-10-19)20-15(21)12-7-3-4-8-13(12)17-18-20/h3-4,7-8,11,14H,5-6,9-10H2,1-2H3/t14-/m1/s1. The van der Waals surface area contributed by atoms with Crippen molar-refractivity contribution in [3.8, 4) is 0 Å². The molecule has 0 bridgehead atoms. The summed E-state index contributed by atoms with van der Waals surface area (Å²) in [6, 6.07) is 6.49. The lowest BCUT2D eigenvalue weighted by atomic mass is 10.0. The second-order valence-electron chi connectivity index (χ2n) is 6.08. The normalized spacial score (nSPS) is 16.4. The summed E-state index contributed by atoms with van der Waals surface area (Å²) in [6.07, 6.45) is 2.05. The Hall–Kier alpha value is -2.24. The van der Waals surface area contributed by atoms with E-state index < -0.39 is 6.04 Å². The predicted molar refractivity (Wildman–Crippen MR) is 83.5 cm³/mol. The molecule has 0 radical (unpaired) electrons. The molecule has 2 aromatic rings. The van der Waals surface area contributed by atoms with Crippen LogP contribution in [-0.4, -0.2) is 38.9 Å². The lowest BCUT2D eigenvalue weighted by Gasteiger charge is -2.26. The van der Waals surface area contributed by atoms with Crippen LogP contribution in [0.5, 0.6) is 0 Å². The summed E-state index contributed by atoms with van der Waals surface area (Å²) in [5.74, 6) is -0.0551. The largest absolute Gasteiger partial charge is 0.341 e. The smallest absolute Gasteiger partial charge is 0.278 e. The Bertz CT molecular complexity index is 747. The highest BCUT2D eigenvalue weighted by Gasteiger charge is 2.32. The Morgan fingerprint density at radius 2 is 1.86 bits per heavy atom. The summed E-state index contributed by atoms with van der Waals surface area (Å²) < 4.78 is 1.26. The quantitative estimate of drug-likeness (QED) is 0.863. The monoisotopic (exact) mass is 300 g/mol. The van der Waals surface area contributed by atoms with Crippen molar-refractivity contribution in [2.24, 2.45) is 5.92 Å². The van der Waals surface area contributed by atoms with E-state index in [-0.39, 0.29) is 17.4 Å². The number of hydrogen-bond donors (Lipinski definition) is 0. The Kier molecular flexibility index (Phi) is 3.92. The molecule has 22 heavy (non-hydrogen) atoms. The minimum atomic E-state index is -0.595. The van der Waals surface area contributed by atoms with E-state index in [1.807, 2.05) is 24.8 Å². The number of carbonyl (C=O) groups is 1. The van der Waals surface area contributed by atoms with Gasteiger partial charge >= 0.3 is 0 Å². The molecule has 1 aliphatic heterocycles. The first-order valence-electron chi connectivity index (χ1n) is 7.72. The van der Waals surface area contributed by atoms with Gasteiger partial charge in [0, 0.05) is 13.1 Å². The molecule has 1 aromatic carbocycles. The molecule has 116 valence electrons. The number of hydrogen-bond acceptors (Lipinski definition) is 4. The summed E-state index contributed by atoms with van der Waals surface area (Å²) in [7, 11) is 0. The van der Waals surface area contributed by atoms with Gasteiger partial charge in [-0.3, -0.25) is 9.59 Å². The molecule has 1 aromatic heterocycles. The van der Waals surface area contributed by atoms with Crippen LogP contribution in [0.1, 0.15) is 32.7 Å². The van der Waals surface area contributed by atoms with Crippen molar-refractivity contribution < 1.29 is 4.79 Å². The fraction of sp³-hybridized carbons (Fsp3) is 0.500. The van der Waals surface area contributed by atoms with E-state index in [1.165, 1.54) is 4.68 Å². The van der Waals surface area contributed by atoms with Gasteiger partial charge in [-0.05, 0) is 30.9 Å². The average molecular weight is 300 g/mol. The van der Waals surface area contributed by atoms with Crippen LogP contribution < -0.4 is 5.56 Å². The fourth-order valence-corrected chi connectivity index (χ4v) is 2.98. The minimum Gasteiger partial charge on any atom is -0.341 e. The van der Waals surface area contributed by atoms with Gasteiger partial charge < -0.3 is 4.90 Å². The van der Waals surface area contributed by atoms with Gasteiger partial charge in [0.2, 0.25) is 5.91 Å². The molecule has 3 rings (SSSR count). The molecule has 1 fully saturated rings. The van der Waals surface area contributed by atoms with Crippen LogP contribution in [0, 0.1) is 5.92 Å². The van der Waals surface area contributed by atoms with E-state index in [2.05, 4.69) is 10.3 Å². The van der Waals surface area contributed by atoms with E-state index >= 15 is 0 Å². The number of benzene rings is 1. The highest BCUT2D eigenvalue weighted by atomic mass is 16.2. The first-order valence-corrected chi connectivity index (χ1v) is 7.72. The number of fused-ring (bicyclic) bond motifs is 1. The van der Waals surface area contributed by atoms with Crippen molar-refractivity contribution in [2.75, 3.05) is 13.1 Å². The maximum atomic E-state index is 12.8. The Morgan fingerprint density at radius 3 is 2.55 bits per heavy atom. The Balaban J connectivity index is 2.07. The van der Waals surface area contributed by atoms with Crippen molar-refractivity contribution >= 4 is 16.8 Å². The molecule has 0 spiro atoms. The highest BCUT2D eigenvalue weighted by Crippen LogP contribution is 2.21. The third-order valence-electron chi connectivity index (χ3n) is 4.16. The highest BCUT2D eigenvalue weighted by molar-refractivity contribution is 5.82. The van der Waals surface area contributed by atoms with Crippen molar-refractivity contribution in [3.63, 3.8) is 0 Å². The Morgan fingerprint density at radius 1 is 1.18 bits per heavy atom. The van der Waals surface area contributed by atoms with Gasteiger partial charge in [0.25, 0.3) is 5.56 Å². The van der Waals surface area contributed by atoms with Crippen molar-refractivity contribution in [2.45, 2.75) is 32.7 Å². The third-order valence-corrected chi connectivity index (χ3v) is 4.16. The van der Waals surface area contributed by atoms with E-state index in [0.29, 0.717) is 10.9 Å². The molecule has 2 heterocycles. The van der Waals surface area contributed by atoms with Crippen LogP contribution in [0.15, 0.2) is 29.1 Å². The average Bonchev–Trinajstić information content (AvgIpc) is 3.04. The molecule has 0 unspecified atom stereocenters. The lowest BCUT2D eigenvalue weighted by Crippen LogP contribution is -2.42. The SMILES string of the molecule is CC(C)[C@H](C(=O)N1CCCC1)n1nnc2ccccc2c1=O. The van der Waals surface area contributed by atoms with Gasteiger partial charge in [-0.2, -0.15) is 4.68 Å². The molecule has 1 saturated heterocycles. The number of likely N-dealkylation sites (tertiary alicyclic amines) is 1. The van der Waals surface area contributed by atoms with Gasteiger partial charge in [-0.25, -0.2) is 0 Å². The van der Waals surface area contributed by atoms with Crippen LogP contribution in [0.25, 0.3) is 10.9 Å². The second kappa shape index (κ2) is 5.87. The first-order chi connectivity index (χ1) is 10.6. The number of rotatable bonds is 3. The molecule has 6 heteroatoms. The van der Waals surface area contributed by atoms with Crippen molar-refractivity contribution in [3.05, 3.63) is 34.6 Å². The van der Waals surface area contributed by atoms with Gasteiger partial charge in [0.05, 0.1) is 5.39 Å². The molecule has 6 nitrogen and oxygen atoms in total. The summed E-state index contributed by atoms with van der Waals surface area (Å²) >= 11 is 0. The molecule has 0 saturated carbocycles. The maximum absolute atomic E-state index is 12.8. The van der Waals surface area contributed by atoms with Crippen LogP contribution in [0.4, 0.5) is 0 Å². The lowest BCUT2D eigenvalue weighted by molar-refractivity contribution is -0.135. The van der Waals surface area contributed by atoms with Crippen LogP contribution >= 0.6 is 0 Å². The fourth-order valence-electron chi connectivity index (χ4n) is 2.98. The third kappa shape index (κ3) is 2.49. The molecule has 0 aliphatic carbocycles. The number of nitrogens with zero attached hydrogens (tertiary/aromatic N) is 4. The summed E-state index contributed by atoms with van der Waals surface area (Å²) in [6.45, 7) is 5.39. The number of carbonyl (C=O) groups excluding carboxylic acids is 1. The predicted octanol–water partition coefficient (Wildman–Crippen LogP) is 1.61. The van der Waals surface area contributed by atoms with Gasteiger partial charge in [-0.15, -0.1) is 5.10 Å². The van der Waals surface area contributed by atoms with E-state index in [0.717, 1.165) is 25.9 Å². The summed E-state index contributed by atoms with van der Waals surface area (Å²) in [4.78, 5) is 27.3. The zero-order valence-corrected chi connectivity index (χ0v) is 12.9. The molecule has 1 atom stereocenters. The van der Waals surface area contributed by atoms with E-state index in [1.54, 1.807) is 18.2 Å². The first kappa shape index (κ1) is 14.7. The van der Waals surface area contributed by atoms with Gasteiger partial charge in [0.1, 0.15) is 11.6 Å². The summed E-state index contributed by atoms with van der Waals surface area (Å²) in [5, 5.41) is 8.62. The van der Waals surface area contributed by atoms with E-state index in [4.69, 9.17) is 0 Å². The number of aromatic nitrogens is 3. The molecule has 0 N–H and O–H groups in total.